The first-order valence-corrected chi connectivity index (χ1v) is 6.80. The van der Waals surface area contributed by atoms with Gasteiger partial charge in [0.2, 0.25) is 0 Å². The molecule has 0 atom stereocenters. The third kappa shape index (κ3) is 4.75. The average molecular weight is 296 g/mol. The third-order valence-corrected chi connectivity index (χ3v) is 2.82. The number of piperazine rings is 1. The van der Waals surface area contributed by atoms with Crippen molar-refractivity contribution in [3.8, 4) is 0 Å². The van der Waals surface area contributed by atoms with E-state index in [1.807, 2.05) is 4.90 Å². The predicted octanol–water partition coefficient (Wildman–Crippen LogP) is 0.759. The number of ether oxygens (including phenoxy) is 1. The van der Waals surface area contributed by atoms with Crippen LogP contribution in [0.15, 0.2) is 16.9 Å². The third-order valence-electron chi connectivity index (χ3n) is 2.82. The molecule has 0 saturated carbocycles. The molecule has 1 aliphatic heterocycles. The van der Waals surface area contributed by atoms with E-state index in [1.54, 1.807) is 31.9 Å². The van der Waals surface area contributed by atoms with Crippen LogP contribution in [0.2, 0.25) is 0 Å². The fourth-order valence-electron chi connectivity index (χ4n) is 1.90. The molecule has 21 heavy (non-hydrogen) atoms. The minimum atomic E-state index is -0.696. The Kier molecular flexibility index (Phi) is 4.46. The van der Waals surface area contributed by atoms with Crippen molar-refractivity contribution >= 4 is 12.0 Å². The van der Waals surface area contributed by atoms with Gasteiger partial charge in [-0.1, -0.05) is 0 Å². The number of hydrogen-bond donors (Lipinski definition) is 1. The molecule has 0 aliphatic carbocycles. The number of anilines is 1. The first-order chi connectivity index (χ1) is 9.83. The molecule has 8 nitrogen and oxygen atoms in total. The number of rotatable bonds is 2. The first-order valence-electron chi connectivity index (χ1n) is 6.80. The molecule has 8 heteroatoms. The lowest BCUT2D eigenvalue weighted by Crippen LogP contribution is -2.47. The fourth-order valence-corrected chi connectivity index (χ4v) is 1.90. The van der Waals surface area contributed by atoms with Crippen LogP contribution in [0.5, 0.6) is 0 Å². The van der Waals surface area contributed by atoms with Gasteiger partial charge in [0.05, 0.1) is 13.1 Å². The zero-order chi connectivity index (χ0) is 15.5. The zero-order valence-electron chi connectivity index (χ0n) is 12.5. The second-order valence-corrected chi connectivity index (χ2v) is 5.75. The van der Waals surface area contributed by atoms with Crippen LogP contribution in [0.4, 0.5) is 10.6 Å². The predicted molar refractivity (Wildman–Crippen MR) is 76.0 cm³/mol. The number of nitrogens with one attached hydrogen (secondary N) is 1. The molecule has 0 spiro atoms. The second kappa shape index (κ2) is 6.13. The van der Waals surface area contributed by atoms with Gasteiger partial charge in [0, 0.05) is 19.2 Å². The highest BCUT2D eigenvalue weighted by Crippen LogP contribution is 2.13. The lowest BCUT2D eigenvalue weighted by molar-refractivity contribution is -0.144. The summed E-state index contributed by atoms with van der Waals surface area (Å²) in [5, 5.41) is 7.94. The maximum absolute atomic E-state index is 11.6. The van der Waals surface area contributed by atoms with Crippen molar-refractivity contribution in [2.45, 2.75) is 26.4 Å². The first kappa shape index (κ1) is 15.3. The maximum Gasteiger partial charge on any atom is 0.528 e. The topological polar surface area (TPSA) is 87.8 Å². The quantitative estimate of drug-likeness (QED) is 0.806. The summed E-state index contributed by atoms with van der Waals surface area (Å²) in [4.78, 5) is 29.7. The molecule has 2 heterocycles. The van der Waals surface area contributed by atoms with E-state index in [0.29, 0.717) is 32.0 Å². The van der Waals surface area contributed by atoms with Gasteiger partial charge in [-0.2, -0.15) is 5.10 Å². The number of carbonyl (C=O) groups excluding carboxylic acids is 1. The van der Waals surface area contributed by atoms with Crippen LogP contribution >= 0.6 is 0 Å². The normalized spacial score (nSPS) is 16.6. The van der Waals surface area contributed by atoms with Crippen LogP contribution in [-0.4, -0.2) is 53.2 Å². The van der Waals surface area contributed by atoms with Gasteiger partial charge in [-0.05, 0) is 26.8 Å². The summed E-state index contributed by atoms with van der Waals surface area (Å²) in [6.45, 7) is 7.72. The monoisotopic (exact) mass is 296 g/mol. The Morgan fingerprint density at radius 2 is 1.90 bits per heavy atom. The Morgan fingerprint density at radius 1 is 1.24 bits per heavy atom. The molecule has 1 saturated heterocycles. The summed E-state index contributed by atoms with van der Waals surface area (Å²) in [6.07, 6.45) is -0.696. The Morgan fingerprint density at radius 3 is 2.43 bits per heavy atom. The van der Waals surface area contributed by atoms with Gasteiger partial charge in [0.1, 0.15) is 11.4 Å². The van der Waals surface area contributed by atoms with Crippen LogP contribution in [0, 0.1) is 0 Å². The van der Waals surface area contributed by atoms with E-state index in [-0.39, 0.29) is 5.56 Å². The van der Waals surface area contributed by atoms with Gasteiger partial charge >= 0.3 is 6.16 Å². The lowest BCUT2D eigenvalue weighted by atomic mass is 10.2. The molecule has 2 rings (SSSR count). The smallest absolute Gasteiger partial charge is 0.427 e. The minimum absolute atomic E-state index is 0.231. The molecule has 0 unspecified atom stereocenters. The van der Waals surface area contributed by atoms with Crippen LogP contribution < -0.4 is 10.5 Å². The average Bonchev–Trinajstić information content (AvgIpc) is 2.38. The van der Waals surface area contributed by atoms with E-state index < -0.39 is 11.8 Å². The van der Waals surface area contributed by atoms with Crippen LogP contribution in [0.3, 0.4) is 0 Å². The second-order valence-electron chi connectivity index (χ2n) is 5.75. The SMILES string of the molecule is CC(C)(C)OC(=O)ON1CCN(c2ccc(=O)[nH]n2)CC1. The van der Waals surface area contributed by atoms with E-state index in [0.717, 1.165) is 0 Å². The van der Waals surface area contributed by atoms with E-state index in [9.17, 15) is 9.59 Å². The van der Waals surface area contributed by atoms with Crippen molar-refractivity contribution in [2.24, 2.45) is 0 Å². The summed E-state index contributed by atoms with van der Waals surface area (Å²) in [7, 11) is 0. The fraction of sp³-hybridized carbons (Fsp3) is 0.615. The molecule has 1 aromatic heterocycles. The lowest BCUT2D eigenvalue weighted by Gasteiger charge is -2.33. The Hall–Kier alpha value is -2.09. The minimum Gasteiger partial charge on any atom is -0.427 e. The van der Waals surface area contributed by atoms with Gasteiger partial charge in [-0.25, -0.2) is 9.89 Å². The molecular formula is C13H20N4O4. The van der Waals surface area contributed by atoms with Crippen molar-refractivity contribution < 1.29 is 14.4 Å². The van der Waals surface area contributed by atoms with Crippen LogP contribution in [0.1, 0.15) is 20.8 Å². The summed E-state index contributed by atoms with van der Waals surface area (Å²) in [5.41, 5.74) is -0.802. The van der Waals surface area contributed by atoms with E-state index >= 15 is 0 Å². The number of aromatic nitrogens is 2. The van der Waals surface area contributed by atoms with Crippen LogP contribution in [0.25, 0.3) is 0 Å². The molecule has 0 amide bonds. The highest BCUT2D eigenvalue weighted by atomic mass is 16.8. The van der Waals surface area contributed by atoms with Crippen molar-refractivity contribution in [2.75, 3.05) is 31.1 Å². The summed E-state index contributed by atoms with van der Waals surface area (Å²) in [6, 6.07) is 3.11. The maximum atomic E-state index is 11.6. The molecule has 0 radical (unpaired) electrons. The van der Waals surface area contributed by atoms with Crippen LogP contribution in [-0.2, 0) is 9.57 Å². The van der Waals surface area contributed by atoms with Gasteiger partial charge in [0.15, 0.2) is 0 Å². The zero-order valence-corrected chi connectivity index (χ0v) is 12.5. The van der Waals surface area contributed by atoms with Crippen molar-refractivity contribution in [3.63, 3.8) is 0 Å². The molecule has 1 aromatic rings. The molecule has 116 valence electrons. The van der Waals surface area contributed by atoms with Gasteiger partial charge in [0.25, 0.3) is 5.56 Å². The summed E-state index contributed by atoms with van der Waals surface area (Å²) in [5.74, 6) is 0.700. The van der Waals surface area contributed by atoms with Gasteiger partial charge in [-0.15, -0.1) is 5.06 Å². The largest absolute Gasteiger partial charge is 0.528 e. The molecule has 0 bridgehead atoms. The van der Waals surface area contributed by atoms with E-state index in [2.05, 4.69) is 10.2 Å². The number of carbonyl (C=O) groups is 1. The molecule has 0 aromatic carbocycles. The summed E-state index contributed by atoms with van der Waals surface area (Å²) >= 11 is 0. The van der Waals surface area contributed by atoms with Crippen molar-refractivity contribution in [3.05, 3.63) is 22.5 Å². The number of H-pyrrole nitrogens is 1. The Bertz CT molecular complexity index is 523. The molecule has 1 N–H and O–H groups in total. The number of nitrogens with zero attached hydrogens (tertiary/aromatic N) is 3. The number of aromatic amines is 1. The Labute approximate surface area is 122 Å². The van der Waals surface area contributed by atoms with Crippen molar-refractivity contribution in [1.29, 1.82) is 0 Å². The highest BCUT2D eigenvalue weighted by Gasteiger charge is 2.24. The van der Waals surface area contributed by atoms with Gasteiger partial charge in [-0.3, -0.25) is 4.79 Å². The van der Waals surface area contributed by atoms with Crippen molar-refractivity contribution in [1.82, 2.24) is 15.3 Å². The molecule has 1 aliphatic rings. The Balaban J connectivity index is 1.82. The molecule has 1 fully saturated rings. The summed E-state index contributed by atoms with van der Waals surface area (Å²) < 4.78 is 5.10. The van der Waals surface area contributed by atoms with Gasteiger partial charge < -0.3 is 14.5 Å². The number of hydroxylamine groups is 2. The number of hydrogen-bond acceptors (Lipinski definition) is 7. The molecular weight excluding hydrogens is 276 g/mol. The van der Waals surface area contributed by atoms with E-state index in [1.165, 1.54) is 6.07 Å². The standard InChI is InChI=1S/C13H20N4O4/c1-13(2,3)20-12(19)21-17-8-6-16(7-9-17)10-4-5-11(18)15-14-10/h4-5H,6-9H2,1-3H3,(H,15,18). The highest BCUT2D eigenvalue weighted by molar-refractivity contribution is 5.60. The van der Waals surface area contributed by atoms with E-state index in [4.69, 9.17) is 9.57 Å².